The molecule has 2 rings (SSSR count). The summed E-state index contributed by atoms with van der Waals surface area (Å²) in [4.78, 5) is 14.4. The molecule has 5 heteroatoms. The molecule has 5 nitrogen and oxygen atoms in total. The molecular formula is C18H29N3O2. The van der Waals surface area contributed by atoms with Gasteiger partial charge in [0.05, 0.1) is 18.6 Å². The first-order valence-corrected chi connectivity index (χ1v) is 8.26. The third-order valence-electron chi connectivity index (χ3n) is 5.23. The number of quaternary nitrogens is 1. The molecule has 0 bridgehead atoms. The van der Waals surface area contributed by atoms with E-state index >= 15 is 0 Å². The van der Waals surface area contributed by atoms with Crippen LogP contribution in [0.5, 0.6) is 0 Å². The van der Waals surface area contributed by atoms with E-state index in [2.05, 4.69) is 4.90 Å². The minimum atomic E-state index is -0.968. The van der Waals surface area contributed by atoms with Crippen molar-refractivity contribution in [3.63, 3.8) is 0 Å². The maximum atomic E-state index is 12.1. The highest BCUT2D eigenvalue weighted by atomic mass is 16.4. The van der Waals surface area contributed by atoms with Crippen LogP contribution in [0.1, 0.15) is 40.2 Å². The van der Waals surface area contributed by atoms with Gasteiger partial charge in [0.25, 0.3) is 6.09 Å². The number of carboxylic acid groups (broad SMARTS) is 1. The highest BCUT2D eigenvalue weighted by molar-refractivity contribution is 5.55. The SMILES string of the molecule is C[C@@H]1CN(Cc2ccc(N)cc2)C[C@H](C)[N+]1(C(=O)[O-])C(C)(C)C. The van der Waals surface area contributed by atoms with E-state index in [1.807, 2.05) is 58.9 Å². The summed E-state index contributed by atoms with van der Waals surface area (Å²) < 4.78 is 0.00520. The van der Waals surface area contributed by atoms with E-state index in [4.69, 9.17) is 5.73 Å². The minimum absolute atomic E-state index is 0.00520. The second-order valence-electron chi connectivity index (χ2n) is 7.85. The van der Waals surface area contributed by atoms with Crippen LogP contribution in [-0.4, -0.2) is 46.2 Å². The Labute approximate surface area is 139 Å². The molecule has 1 heterocycles. The van der Waals surface area contributed by atoms with Crippen LogP contribution in [0, 0.1) is 0 Å². The zero-order valence-electron chi connectivity index (χ0n) is 14.9. The van der Waals surface area contributed by atoms with E-state index in [1.54, 1.807) is 0 Å². The Balaban J connectivity index is 2.21. The second kappa shape index (κ2) is 6.13. The summed E-state index contributed by atoms with van der Waals surface area (Å²) in [5, 5.41) is 12.1. The number of benzene rings is 1. The fourth-order valence-electron chi connectivity index (χ4n) is 4.48. The van der Waals surface area contributed by atoms with Gasteiger partial charge in [-0.2, -0.15) is 0 Å². The van der Waals surface area contributed by atoms with Gasteiger partial charge in [0.1, 0.15) is 12.1 Å². The van der Waals surface area contributed by atoms with Crippen LogP contribution in [0.2, 0.25) is 0 Å². The number of anilines is 1. The van der Waals surface area contributed by atoms with E-state index in [9.17, 15) is 9.90 Å². The van der Waals surface area contributed by atoms with Gasteiger partial charge in [0.2, 0.25) is 0 Å². The third kappa shape index (κ3) is 3.08. The molecular weight excluding hydrogens is 290 g/mol. The summed E-state index contributed by atoms with van der Waals surface area (Å²) >= 11 is 0. The van der Waals surface area contributed by atoms with Crippen molar-refractivity contribution in [3.8, 4) is 0 Å². The van der Waals surface area contributed by atoms with Crippen LogP contribution in [-0.2, 0) is 6.54 Å². The minimum Gasteiger partial charge on any atom is -0.498 e. The lowest BCUT2D eigenvalue weighted by Crippen LogP contribution is -2.79. The standard InChI is InChI=1S/C18H29N3O2/c1-13-10-20(12-15-6-8-16(19)9-7-15)11-14(2)21(13,17(22)23)18(3,4)5/h6-9,13-14H,10-12,19H2,1-5H3/t13-,14+,21?. The molecule has 1 aliphatic heterocycles. The Morgan fingerprint density at radius 2 is 1.70 bits per heavy atom. The smallest absolute Gasteiger partial charge is 0.258 e. The first kappa shape index (κ1) is 17.8. The van der Waals surface area contributed by atoms with E-state index in [0.717, 1.165) is 25.3 Å². The molecule has 1 aliphatic rings. The van der Waals surface area contributed by atoms with Gasteiger partial charge in [0.15, 0.2) is 0 Å². The van der Waals surface area contributed by atoms with Crippen LogP contribution in [0.3, 0.4) is 0 Å². The molecule has 0 saturated carbocycles. The average molecular weight is 319 g/mol. The first-order valence-electron chi connectivity index (χ1n) is 8.26. The lowest BCUT2D eigenvalue weighted by molar-refractivity contribution is -0.963. The molecule has 0 aliphatic carbocycles. The third-order valence-corrected chi connectivity index (χ3v) is 5.23. The highest BCUT2D eigenvalue weighted by Crippen LogP contribution is 2.36. The number of hydrogen-bond donors (Lipinski definition) is 1. The van der Waals surface area contributed by atoms with E-state index in [1.165, 1.54) is 5.56 Å². The van der Waals surface area contributed by atoms with Crippen LogP contribution in [0.15, 0.2) is 24.3 Å². The molecule has 1 aromatic rings. The van der Waals surface area contributed by atoms with Crippen molar-refractivity contribution in [2.75, 3.05) is 18.8 Å². The van der Waals surface area contributed by atoms with Crippen LogP contribution in [0.25, 0.3) is 0 Å². The number of nitrogens with zero attached hydrogens (tertiary/aromatic N) is 2. The van der Waals surface area contributed by atoms with Crippen molar-refractivity contribution in [2.45, 2.75) is 58.8 Å². The summed E-state index contributed by atoms with van der Waals surface area (Å²) in [5.74, 6) is 0. The summed E-state index contributed by atoms with van der Waals surface area (Å²) in [6, 6.07) is 7.81. The predicted octanol–water partition coefficient (Wildman–Crippen LogP) is 1.82. The Morgan fingerprint density at radius 1 is 1.22 bits per heavy atom. The van der Waals surface area contributed by atoms with Gasteiger partial charge in [-0.05, 0) is 52.3 Å². The number of rotatable bonds is 2. The fraction of sp³-hybridized carbons (Fsp3) is 0.611. The summed E-state index contributed by atoms with van der Waals surface area (Å²) in [5.41, 5.74) is 7.29. The van der Waals surface area contributed by atoms with E-state index < -0.39 is 11.6 Å². The largest absolute Gasteiger partial charge is 0.498 e. The Kier molecular flexibility index (Phi) is 4.74. The number of carbonyl (C=O) groups is 1. The van der Waals surface area contributed by atoms with E-state index in [-0.39, 0.29) is 16.6 Å². The highest BCUT2D eigenvalue weighted by Gasteiger charge is 2.54. The molecule has 0 radical (unpaired) electrons. The molecule has 1 aromatic carbocycles. The lowest BCUT2D eigenvalue weighted by Gasteiger charge is -2.59. The molecule has 1 unspecified atom stereocenters. The summed E-state index contributed by atoms with van der Waals surface area (Å²) in [6.45, 7) is 12.3. The predicted molar refractivity (Wildman–Crippen MR) is 90.5 cm³/mol. The second-order valence-corrected chi connectivity index (χ2v) is 7.85. The average Bonchev–Trinajstić information content (AvgIpc) is 2.39. The van der Waals surface area contributed by atoms with Gasteiger partial charge in [-0.1, -0.05) is 12.1 Å². The van der Waals surface area contributed by atoms with Crippen LogP contribution < -0.4 is 10.8 Å². The normalized spacial score (nSPS) is 29.4. The number of nitrogen functional groups attached to an aromatic ring is 1. The lowest BCUT2D eigenvalue weighted by atomic mass is 9.91. The van der Waals surface area contributed by atoms with Crippen molar-refractivity contribution in [1.29, 1.82) is 0 Å². The summed E-state index contributed by atoms with van der Waals surface area (Å²) in [6.07, 6.45) is -0.968. The maximum Gasteiger partial charge on any atom is 0.258 e. The Hall–Kier alpha value is -1.59. The number of amides is 1. The zero-order valence-corrected chi connectivity index (χ0v) is 14.9. The summed E-state index contributed by atoms with van der Waals surface area (Å²) in [7, 11) is 0. The quantitative estimate of drug-likeness (QED) is 0.667. The van der Waals surface area contributed by atoms with Crippen molar-refractivity contribution in [2.24, 2.45) is 0 Å². The van der Waals surface area contributed by atoms with Crippen LogP contribution in [0.4, 0.5) is 10.5 Å². The van der Waals surface area contributed by atoms with Gasteiger partial charge < -0.3 is 15.6 Å². The van der Waals surface area contributed by atoms with Crippen molar-refractivity contribution in [3.05, 3.63) is 29.8 Å². The molecule has 0 aromatic heterocycles. The molecule has 1 fully saturated rings. The zero-order chi connectivity index (χ0) is 17.4. The molecule has 1 saturated heterocycles. The molecule has 2 N–H and O–H groups in total. The first-order chi connectivity index (χ1) is 10.6. The van der Waals surface area contributed by atoms with Crippen molar-refractivity contribution < 1.29 is 14.4 Å². The number of piperazine rings is 1. The maximum absolute atomic E-state index is 12.1. The van der Waals surface area contributed by atoms with Gasteiger partial charge in [0, 0.05) is 12.2 Å². The monoisotopic (exact) mass is 319 g/mol. The molecule has 128 valence electrons. The Morgan fingerprint density at radius 3 is 2.09 bits per heavy atom. The molecule has 0 spiro atoms. The fourth-order valence-corrected chi connectivity index (χ4v) is 4.48. The van der Waals surface area contributed by atoms with Gasteiger partial charge in [-0.25, -0.2) is 0 Å². The van der Waals surface area contributed by atoms with Gasteiger partial charge in [-0.15, -0.1) is 0 Å². The number of nitrogens with two attached hydrogens (primary N) is 1. The van der Waals surface area contributed by atoms with Gasteiger partial charge >= 0.3 is 0 Å². The molecule has 23 heavy (non-hydrogen) atoms. The van der Waals surface area contributed by atoms with Gasteiger partial charge in [-0.3, -0.25) is 9.38 Å². The molecule has 1 amide bonds. The topological polar surface area (TPSA) is 69.4 Å². The van der Waals surface area contributed by atoms with Crippen molar-refractivity contribution >= 4 is 11.8 Å². The van der Waals surface area contributed by atoms with Crippen molar-refractivity contribution in [1.82, 2.24) is 4.90 Å². The Bertz CT molecular complexity index is 551. The molecule has 3 atom stereocenters. The number of carbonyl (C=O) groups excluding carboxylic acids is 1. The number of hydrogen-bond acceptors (Lipinski definition) is 4. The van der Waals surface area contributed by atoms with E-state index in [0.29, 0.717) is 0 Å². The van der Waals surface area contributed by atoms with Crippen LogP contribution >= 0.6 is 0 Å².